The van der Waals surface area contributed by atoms with Crippen molar-refractivity contribution in [3.05, 3.63) is 36.4 Å². The van der Waals surface area contributed by atoms with Crippen LogP contribution in [0.25, 0.3) is 6.08 Å². The first-order chi connectivity index (χ1) is 7.63. The number of benzene rings is 1. The number of rotatable bonds is 6. The largest absolute Gasteiger partial charge is 0.520 e. The minimum Gasteiger partial charge on any atom is -0.520 e. The normalized spacial score (nSPS) is 14.2. The Kier molecular flexibility index (Phi) is 4.77. The fourth-order valence-corrected chi connectivity index (χ4v) is 3.08. The highest BCUT2D eigenvalue weighted by atomic mass is 28.4. The number of hydrogen-bond donors (Lipinski definition) is 0. The van der Waals surface area contributed by atoms with Crippen molar-refractivity contribution in [2.75, 3.05) is 6.61 Å². The van der Waals surface area contributed by atoms with E-state index in [1.165, 1.54) is 0 Å². The van der Waals surface area contributed by atoms with E-state index < -0.39 is 8.56 Å². The lowest BCUT2D eigenvalue weighted by Crippen LogP contribution is -2.41. The predicted molar refractivity (Wildman–Crippen MR) is 70.9 cm³/mol. The second-order valence-electron chi connectivity index (χ2n) is 3.80. The van der Waals surface area contributed by atoms with Gasteiger partial charge in [-0.3, -0.25) is 0 Å². The van der Waals surface area contributed by atoms with Gasteiger partial charge in [-0.15, -0.1) is 0 Å². The molecule has 88 valence electrons. The Morgan fingerprint density at radius 3 is 2.31 bits per heavy atom. The van der Waals surface area contributed by atoms with Gasteiger partial charge in [0.2, 0.25) is 0 Å². The fourth-order valence-electron chi connectivity index (χ4n) is 1.43. The van der Waals surface area contributed by atoms with E-state index in [0.29, 0.717) is 6.61 Å². The van der Waals surface area contributed by atoms with Crippen molar-refractivity contribution in [3.8, 4) is 5.75 Å². The second kappa shape index (κ2) is 5.87. The molecule has 0 aliphatic rings. The Bertz CT molecular complexity index is 334. The molecule has 0 saturated heterocycles. The van der Waals surface area contributed by atoms with Crippen molar-refractivity contribution >= 4 is 14.6 Å². The first-order valence-electron chi connectivity index (χ1n) is 5.69. The molecule has 1 aromatic rings. The van der Waals surface area contributed by atoms with Crippen LogP contribution in [0.1, 0.15) is 19.4 Å². The third kappa shape index (κ3) is 3.50. The monoisotopic (exact) mass is 236 g/mol. The first kappa shape index (κ1) is 13.0. The van der Waals surface area contributed by atoms with E-state index in [4.69, 9.17) is 8.85 Å². The summed E-state index contributed by atoms with van der Waals surface area (Å²) >= 11 is 0. The van der Waals surface area contributed by atoms with Crippen molar-refractivity contribution in [2.24, 2.45) is 0 Å². The van der Waals surface area contributed by atoms with Gasteiger partial charge in [0, 0.05) is 6.61 Å². The average molecular weight is 236 g/mol. The van der Waals surface area contributed by atoms with E-state index in [1.54, 1.807) is 0 Å². The lowest BCUT2D eigenvalue weighted by atomic mass is 10.2. The second-order valence-corrected chi connectivity index (χ2v) is 7.26. The molecule has 1 unspecified atom stereocenters. The van der Waals surface area contributed by atoms with Gasteiger partial charge in [-0.1, -0.05) is 31.7 Å². The van der Waals surface area contributed by atoms with Crippen LogP contribution in [-0.4, -0.2) is 15.2 Å². The van der Waals surface area contributed by atoms with Crippen LogP contribution >= 0.6 is 0 Å². The van der Waals surface area contributed by atoms with Crippen LogP contribution in [0, 0.1) is 0 Å². The third-order valence-corrected chi connectivity index (χ3v) is 5.39. The summed E-state index contributed by atoms with van der Waals surface area (Å²) in [6.45, 7) is 10.6. The zero-order valence-electron chi connectivity index (χ0n) is 10.3. The van der Waals surface area contributed by atoms with Gasteiger partial charge < -0.3 is 8.85 Å². The molecule has 0 radical (unpaired) electrons. The van der Waals surface area contributed by atoms with E-state index in [2.05, 4.69) is 20.0 Å². The molecule has 0 aliphatic heterocycles. The van der Waals surface area contributed by atoms with Crippen LogP contribution in [0.3, 0.4) is 0 Å². The first-order valence-corrected chi connectivity index (χ1v) is 8.21. The van der Waals surface area contributed by atoms with Gasteiger partial charge >= 0.3 is 8.56 Å². The zero-order valence-corrected chi connectivity index (χ0v) is 11.3. The lowest BCUT2D eigenvalue weighted by molar-refractivity contribution is 0.258. The molecular weight excluding hydrogens is 216 g/mol. The highest BCUT2D eigenvalue weighted by molar-refractivity contribution is 6.66. The molecule has 1 atom stereocenters. The Balaban J connectivity index is 2.73. The summed E-state index contributed by atoms with van der Waals surface area (Å²) in [6.07, 6.45) is 1.82. The van der Waals surface area contributed by atoms with Crippen molar-refractivity contribution in [1.82, 2.24) is 0 Å². The molecule has 1 rings (SSSR count). The molecule has 0 aliphatic carbocycles. The Morgan fingerprint density at radius 1 is 1.25 bits per heavy atom. The Hall–Kier alpha value is -1.06. The molecule has 0 amide bonds. The van der Waals surface area contributed by atoms with Crippen LogP contribution in [0.5, 0.6) is 5.75 Å². The lowest BCUT2D eigenvalue weighted by Gasteiger charge is -2.26. The van der Waals surface area contributed by atoms with Crippen LogP contribution in [0.4, 0.5) is 0 Å². The van der Waals surface area contributed by atoms with Gasteiger partial charge in [-0.2, -0.15) is 0 Å². The van der Waals surface area contributed by atoms with Crippen molar-refractivity contribution in [3.63, 3.8) is 0 Å². The van der Waals surface area contributed by atoms with E-state index in [1.807, 2.05) is 37.3 Å². The topological polar surface area (TPSA) is 18.5 Å². The van der Waals surface area contributed by atoms with Crippen molar-refractivity contribution in [1.29, 1.82) is 0 Å². The highest BCUT2D eigenvalue weighted by Crippen LogP contribution is 2.20. The molecular formula is C13H20O2Si. The maximum absolute atomic E-state index is 5.97. The van der Waals surface area contributed by atoms with E-state index >= 15 is 0 Å². The maximum Gasteiger partial charge on any atom is 0.395 e. The summed E-state index contributed by atoms with van der Waals surface area (Å²) in [6, 6.07) is 8.88. The summed E-state index contributed by atoms with van der Waals surface area (Å²) in [4.78, 5) is 0. The Labute approximate surface area is 99.2 Å². The summed E-state index contributed by atoms with van der Waals surface area (Å²) in [5.74, 6) is 0.884. The van der Waals surface area contributed by atoms with Crippen LogP contribution in [0.15, 0.2) is 30.8 Å². The van der Waals surface area contributed by atoms with Gasteiger partial charge in [0.1, 0.15) is 5.75 Å². The predicted octanol–water partition coefficient (Wildman–Crippen LogP) is 3.84. The summed E-state index contributed by atoms with van der Waals surface area (Å²) in [5, 5.41) is 0. The molecule has 0 aromatic heterocycles. The molecule has 0 spiro atoms. The van der Waals surface area contributed by atoms with Gasteiger partial charge in [-0.25, -0.2) is 0 Å². The molecule has 0 heterocycles. The van der Waals surface area contributed by atoms with Gasteiger partial charge in [0.05, 0.1) is 0 Å². The molecule has 3 heteroatoms. The maximum atomic E-state index is 5.97. The van der Waals surface area contributed by atoms with Gasteiger partial charge in [0.15, 0.2) is 0 Å². The van der Waals surface area contributed by atoms with Gasteiger partial charge in [0.25, 0.3) is 0 Å². The van der Waals surface area contributed by atoms with Crippen LogP contribution in [-0.2, 0) is 4.43 Å². The highest BCUT2D eigenvalue weighted by Gasteiger charge is 2.30. The number of hydrogen-bond acceptors (Lipinski definition) is 2. The molecule has 16 heavy (non-hydrogen) atoms. The van der Waals surface area contributed by atoms with E-state index in [0.717, 1.165) is 17.4 Å². The van der Waals surface area contributed by atoms with Crippen LogP contribution in [0.2, 0.25) is 12.6 Å². The van der Waals surface area contributed by atoms with E-state index in [-0.39, 0.29) is 0 Å². The van der Waals surface area contributed by atoms with Crippen molar-refractivity contribution in [2.45, 2.75) is 26.4 Å². The minimum absolute atomic E-state index is 0.710. The van der Waals surface area contributed by atoms with Crippen molar-refractivity contribution < 1.29 is 8.85 Å². The summed E-state index contributed by atoms with van der Waals surface area (Å²) in [7, 11) is -2.02. The summed E-state index contributed by atoms with van der Waals surface area (Å²) < 4.78 is 11.7. The van der Waals surface area contributed by atoms with E-state index in [9.17, 15) is 0 Å². The Morgan fingerprint density at radius 2 is 1.88 bits per heavy atom. The molecule has 0 fully saturated rings. The molecule has 0 N–H and O–H groups in total. The fraction of sp³-hybridized carbons (Fsp3) is 0.385. The zero-order chi connectivity index (χ0) is 12.0. The summed E-state index contributed by atoms with van der Waals surface area (Å²) in [5.41, 5.74) is 1.10. The minimum atomic E-state index is -2.02. The average Bonchev–Trinajstić information content (AvgIpc) is 2.30. The standard InChI is InChI=1S/C13H20O2Si/c1-5-12-8-10-13(11-9-12)15-16(4,7-3)14-6-2/h5,8-11H,1,6-7H2,2-4H3. The third-order valence-electron chi connectivity index (χ3n) is 2.54. The van der Waals surface area contributed by atoms with Gasteiger partial charge in [-0.05, 0) is 37.2 Å². The smallest absolute Gasteiger partial charge is 0.395 e. The SMILES string of the molecule is C=Cc1ccc(O[Si](C)(CC)OCC)cc1. The molecule has 0 bridgehead atoms. The quantitative estimate of drug-likeness (QED) is 0.699. The van der Waals surface area contributed by atoms with Crippen LogP contribution < -0.4 is 4.43 Å². The molecule has 0 saturated carbocycles. The molecule has 2 nitrogen and oxygen atoms in total. The molecule has 1 aromatic carbocycles.